The van der Waals surface area contributed by atoms with Gasteiger partial charge < -0.3 is 5.32 Å². The lowest BCUT2D eigenvalue weighted by Crippen LogP contribution is -2.43. The molecule has 0 unspecified atom stereocenters. The van der Waals surface area contributed by atoms with Crippen molar-refractivity contribution in [3.63, 3.8) is 0 Å². The number of aryl methyl sites for hydroxylation is 1. The predicted octanol–water partition coefficient (Wildman–Crippen LogP) is 2.58. The molecule has 2 rings (SSSR count). The Morgan fingerprint density at radius 1 is 1.36 bits per heavy atom. The molecule has 1 amide bonds. The van der Waals surface area contributed by atoms with Crippen LogP contribution in [0.25, 0.3) is 0 Å². The molecule has 1 aromatic carbocycles. The summed E-state index contributed by atoms with van der Waals surface area (Å²) in [4.78, 5) is 12.2. The van der Waals surface area contributed by atoms with E-state index in [0.717, 1.165) is 46.3 Å². The van der Waals surface area contributed by atoms with Crippen LogP contribution in [-0.4, -0.2) is 33.2 Å². The zero-order valence-electron chi connectivity index (χ0n) is 12.8. The number of anilines is 1. The third-order valence-corrected chi connectivity index (χ3v) is 5.87. The van der Waals surface area contributed by atoms with Crippen LogP contribution in [0.2, 0.25) is 0 Å². The Labute approximate surface area is 140 Å². The second-order valence-corrected chi connectivity index (χ2v) is 8.51. The number of rotatable bonds is 5. The van der Waals surface area contributed by atoms with E-state index < -0.39 is 10.0 Å². The molecule has 1 N–H and O–H groups in total. The van der Waals surface area contributed by atoms with Crippen molar-refractivity contribution in [1.29, 1.82) is 0 Å². The molecule has 0 spiro atoms. The first-order valence-electron chi connectivity index (χ1n) is 7.30. The van der Waals surface area contributed by atoms with Gasteiger partial charge in [-0.15, -0.1) is 0 Å². The van der Waals surface area contributed by atoms with Gasteiger partial charge in [0.05, 0.1) is 11.9 Å². The number of amides is 1. The molecule has 0 heterocycles. The molecule has 1 fully saturated rings. The van der Waals surface area contributed by atoms with Crippen LogP contribution in [0, 0.1) is 6.92 Å². The van der Waals surface area contributed by atoms with Crippen LogP contribution < -0.4 is 9.62 Å². The molecule has 5 nitrogen and oxygen atoms in total. The van der Waals surface area contributed by atoms with Crippen LogP contribution in [0.5, 0.6) is 0 Å². The Bertz CT molecular complexity index is 655. The standard InChI is InChI=1S/C15H21BrN2O3S/c1-11-9-13(7-8-14(11)16)18(22(2,20)21)10-15(19)17-12-5-3-4-6-12/h7-9,12H,3-6,10H2,1-2H3,(H,17,19). The number of nitrogens with zero attached hydrogens (tertiary/aromatic N) is 1. The summed E-state index contributed by atoms with van der Waals surface area (Å²) in [5.41, 5.74) is 1.42. The highest BCUT2D eigenvalue weighted by molar-refractivity contribution is 9.10. The molecule has 0 bridgehead atoms. The molecule has 122 valence electrons. The summed E-state index contributed by atoms with van der Waals surface area (Å²) in [6.45, 7) is 1.70. The minimum Gasteiger partial charge on any atom is -0.352 e. The van der Waals surface area contributed by atoms with Gasteiger partial charge in [-0.25, -0.2) is 8.42 Å². The molecule has 1 aliphatic carbocycles. The van der Waals surface area contributed by atoms with E-state index in [9.17, 15) is 13.2 Å². The van der Waals surface area contributed by atoms with Crippen molar-refractivity contribution < 1.29 is 13.2 Å². The largest absolute Gasteiger partial charge is 0.352 e. The van der Waals surface area contributed by atoms with Gasteiger partial charge in [-0.2, -0.15) is 0 Å². The molecule has 7 heteroatoms. The van der Waals surface area contributed by atoms with E-state index in [1.807, 2.05) is 6.92 Å². The van der Waals surface area contributed by atoms with Crippen LogP contribution in [0.15, 0.2) is 22.7 Å². The quantitative estimate of drug-likeness (QED) is 0.842. The summed E-state index contributed by atoms with van der Waals surface area (Å²) in [6, 6.07) is 5.42. The first-order valence-corrected chi connectivity index (χ1v) is 9.95. The van der Waals surface area contributed by atoms with Gasteiger partial charge in [0.2, 0.25) is 15.9 Å². The molecule has 1 saturated carbocycles. The van der Waals surface area contributed by atoms with Gasteiger partial charge in [-0.1, -0.05) is 28.8 Å². The number of carbonyl (C=O) groups excluding carboxylic acids is 1. The van der Waals surface area contributed by atoms with Crippen LogP contribution >= 0.6 is 15.9 Å². The molecule has 22 heavy (non-hydrogen) atoms. The number of hydrogen-bond acceptors (Lipinski definition) is 3. The Hall–Kier alpha value is -1.08. The highest BCUT2D eigenvalue weighted by atomic mass is 79.9. The number of benzene rings is 1. The maximum atomic E-state index is 12.2. The predicted molar refractivity (Wildman–Crippen MR) is 91.5 cm³/mol. The molecule has 0 aliphatic heterocycles. The van der Waals surface area contributed by atoms with Crippen LogP contribution in [0.1, 0.15) is 31.2 Å². The number of sulfonamides is 1. The highest BCUT2D eigenvalue weighted by Crippen LogP contribution is 2.24. The van der Waals surface area contributed by atoms with Crippen molar-refractivity contribution >= 4 is 37.5 Å². The number of carbonyl (C=O) groups is 1. The third kappa shape index (κ3) is 4.46. The molecular weight excluding hydrogens is 368 g/mol. The molecular formula is C15H21BrN2O3S. The van der Waals surface area contributed by atoms with E-state index in [-0.39, 0.29) is 18.5 Å². The Kier molecular flexibility index (Phi) is 5.50. The third-order valence-electron chi connectivity index (χ3n) is 3.84. The lowest BCUT2D eigenvalue weighted by Gasteiger charge is -2.23. The lowest BCUT2D eigenvalue weighted by atomic mass is 10.2. The summed E-state index contributed by atoms with van der Waals surface area (Å²) in [5.74, 6) is -0.252. The van der Waals surface area contributed by atoms with Gasteiger partial charge in [0, 0.05) is 10.5 Å². The summed E-state index contributed by atoms with van der Waals surface area (Å²) in [7, 11) is -3.52. The zero-order chi connectivity index (χ0) is 16.3. The van der Waals surface area contributed by atoms with E-state index in [2.05, 4.69) is 21.2 Å². The summed E-state index contributed by atoms with van der Waals surface area (Å²) >= 11 is 3.39. The van der Waals surface area contributed by atoms with Crippen molar-refractivity contribution in [2.45, 2.75) is 38.6 Å². The van der Waals surface area contributed by atoms with E-state index in [1.54, 1.807) is 18.2 Å². The molecule has 0 aromatic heterocycles. The first kappa shape index (κ1) is 17.3. The van der Waals surface area contributed by atoms with Crippen molar-refractivity contribution in [3.8, 4) is 0 Å². The maximum Gasteiger partial charge on any atom is 0.240 e. The average Bonchev–Trinajstić information content (AvgIpc) is 2.91. The average molecular weight is 389 g/mol. The monoisotopic (exact) mass is 388 g/mol. The SMILES string of the molecule is Cc1cc(N(CC(=O)NC2CCCC2)S(C)(=O)=O)ccc1Br. The normalized spacial score (nSPS) is 15.8. The van der Waals surface area contributed by atoms with Crippen molar-refractivity contribution in [3.05, 3.63) is 28.2 Å². The fourth-order valence-electron chi connectivity index (χ4n) is 2.66. The second kappa shape index (κ2) is 7.00. The Balaban J connectivity index is 2.16. The van der Waals surface area contributed by atoms with E-state index in [0.29, 0.717) is 5.69 Å². The van der Waals surface area contributed by atoms with Crippen molar-refractivity contribution in [1.82, 2.24) is 5.32 Å². The lowest BCUT2D eigenvalue weighted by molar-refractivity contribution is -0.120. The minimum atomic E-state index is -3.52. The van der Waals surface area contributed by atoms with Gasteiger partial charge >= 0.3 is 0 Å². The molecule has 1 aliphatic rings. The van der Waals surface area contributed by atoms with Gasteiger partial charge in [0.25, 0.3) is 0 Å². The zero-order valence-corrected chi connectivity index (χ0v) is 15.2. The Morgan fingerprint density at radius 3 is 2.55 bits per heavy atom. The van der Waals surface area contributed by atoms with Gasteiger partial charge in [0.15, 0.2) is 0 Å². The second-order valence-electron chi connectivity index (χ2n) is 5.75. The van der Waals surface area contributed by atoms with Gasteiger partial charge in [-0.05, 0) is 43.5 Å². The summed E-state index contributed by atoms with van der Waals surface area (Å²) in [5, 5.41) is 2.92. The number of halogens is 1. The van der Waals surface area contributed by atoms with Crippen LogP contribution in [0.4, 0.5) is 5.69 Å². The molecule has 0 atom stereocenters. The first-order chi connectivity index (χ1) is 10.3. The van der Waals surface area contributed by atoms with Crippen molar-refractivity contribution in [2.24, 2.45) is 0 Å². The fourth-order valence-corrected chi connectivity index (χ4v) is 3.75. The smallest absolute Gasteiger partial charge is 0.240 e. The van der Waals surface area contributed by atoms with Crippen LogP contribution in [0.3, 0.4) is 0 Å². The molecule has 1 aromatic rings. The van der Waals surface area contributed by atoms with Gasteiger partial charge in [0.1, 0.15) is 6.54 Å². The van der Waals surface area contributed by atoms with Gasteiger partial charge in [-0.3, -0.25) is 9.10 Å². The Morgan fingerprint density at radius 2 is 2.00 bits per heavy atom. The fraction of sp³-hybridized carbons (Fsp3) is 0.533. The molecule has 0 saturated heterocycles. The van der Waals surface area contributed by atoms with E-state index >= 15 is 0 Å². The van der Waals surface area contributed by atoms with E-state index in [4.69, 9.17) is 0 Å². The topological polar surface area (TPSA) is 66.5 Å². The number of hydrogen-bond donors (Lipinski definition) is 1. The summed E-state index contributed by atoms with van der Waals surface area (Å²) < 4.78 is 26.1. The maximum absolute atomic E-state index is 12.2. The van der Waals surface area contributed by atoms with E-state index in [1.165, 1.54) is 0 Å². The molecule has 0 radical (unpaired) electrons. The number of nitrogens with one attached hydrogen (secondary N) is 1. The van der Waals surface area contributed by atoms with Crippen LogP contribution in [-0.2, 0) is 14.8 Å². The highest BCUT2D eigenvalue weighted by Gasteiger charge is 2.23. The minimum absolute atomic E-state index is 0.181. The summed E-state index contributed by atoms with van der Waals surface area (Å²) in [6.07, 6.45) is 5.30. The van der Waals surface area contributed by atoms with Crippen molar-refractivity contribution in [2.75, 3.05) is 17.1 Å².